The van der Waals surface area contributed by atoms with E-state index in [1.165, 1.54) is 5.56 Å². The van der Waals surface area contributed by atoms with E-state index in [2.05, 4.69) is 25.9 Å². The fraction of sp³-hybridized carbons (Fsp3) is 0.364. The SMILES string of the molecule is CN(C)c1ncccc1CN1CCCC[C@@H]1c1cc(=O)[nH]c(-c2cccnc2)n1. The van der Waals surface area contributed by atoms with Crippen molar-refractivity contribution < 1.29 is 0 Å². The van der Waals surface area contributed by atoms with Gasteiger partial charge in [-0.25, -0.2) is 9.97 Å². The molecule has 3 aromatic rings. The van der Waals surface area contributed by atoms with Crippen molar-refractivity contribution in [3.8, 4) is 11.4 Å². The number of nitrogens with zero attached hydrogens (tertiary/aromatic N) is 5. The first-order valence-electron chi connectivity index (χ1n) is 9.99. The van der Waals surface area contributed by atoms with Crippen molar-refractivity contribution in [2.45, 2.75) is 31.8 Å². The van der Waals surface area contributed by atoms with Gasteiger partial charge >= 0.3 is 0 Å². The number of rotatable bonds is 5. The molecule has 4 heterocycles. The van der Waals surface area contributed by atoms with E-state index in [1.807, 2.05) is 43.4 Å². The van der Waals surface area contributed by atoms with Gasteiger partial charge in [0.25, 0.3) is 5.56 Å². The number of piperidine rings is 1. The smallest absolute Gasteiger partial charge is 0.251 e. The van der Waals surface area contributed by atoms with E-state index in [9.17, 15) is 4.79 Å². The Morgan fingerprint density at radius 3 is 2.86 bits per heavy atom. The summed E-state index contributed by atoms with van der Waals surface area (Å²) in [6.45, 7) is 1.76. The van der Waals surface area contributed by atoms with Gasteiger partial charge in [0.05, 0.1) is 11.7 Å². The molecule has 0 aromatic carbocycles. The molecular weight excluding hydrogens is 364 g/mol. The van der Waals surface area contributed by atoms with Gasteiger partial charge in [0.15, 0.2) is 0 Å². The highest BCUT2D eigenvalue weighted by Crippen LogP contribution is 2.32. The first kappa shape index (κ1) is 19.3. The molecule has 0 bridgehead atoms. The van der Waals surface area contributed by atoms with Gasteiger partial charge in [0.1, 0.15) is 11.6 Å². The predicted octanol–water partition coefficient (Wildman–Crippen LogP) is 3.02. The van der Waals surface area contributed by atoms with Crippen LogP contribution in [0.3, 0.4) is 0 Å². The maximum absolute atomic E-state index is 12.4. The number of pyridine rings is 2. The summed E-state index contributed by atoms with van der Waals surface area (Å²) in [5.74, 6) is 1.55. The molecule has 0 saturated carbocycles. The summed E-state index contributed by atoms with van der Waals surface area (Å²) in [6, 6.07) is 9.61. The monoisotopic (exact) mass is 390 g/mol. The first-order chi connectivity index (χ1) is 14.1. The third kappa shape index (κ3) is 4.35. The summed E-state index contributed by atoms with van der Waals surface area (Å²) >= 11 is 0. The fourth-order valence-corrected chi connectivity index (χ4v) is 3.98. The molecule has 0 spiro atoms. The van der Waals surface area contributed by atoms with Crippen molar-refractivity contribution in [3.05, 3.63) is 70.5 Å². The van der Waals surface area contributed by atoms with E-state index in [1.54, 1.807) is 18.5 Å². The van der Waals surface area contributed by atoms with Gasteiger partial charge in [-0.3, -0.25) is 14.7 Å². The summed E-state index contributed by atoms with van der Waals surface area (Å²) in [4.78, 5) is 33.2. The zero-order valence-electron chi connectivity index (χ0n) is 16.9. The standard InChI is InChI=1S/C22H26N6O/c1-27(2)22-17(8-6-11-24-22)15-28-12-4-3-9-19(28)18-13-20(29)26-21(25-18)16-7-5-10-23-14-16/h5-8,10-11,13-14,19H,3-4,9,12,15H2,1-2H3,(H,25,26,29)/t19-/m1/s1. The summed E-state index contributed by atoms with van der Waals surface area (Å²) < 4.78 is 0. The molecule has 0 amide bonds. The topological polar surface area (TPSA) is 78.0 Å². The predicted molar refractivity (Wildman–Crippen MR) is 114 cm³/mol. The van der Waals surface area contributed by atoms with Gasteiger partial charge < -0.3 is 9.88 Å². The Morgan fingerprint density at radius 2 is 2.07 bits per heavy atom. The molecule has 0 aliphatic carbocycles. The van der Waals surface area contributed by atoms with Crippen LogP contribution in [0, 0.1) is 0 Å². The van der Waals surface area contributed by atoms with Crippen LogP contribution in [-0.4, -0.2) is 45.5 Å². The van der Waals surface area contributed by atoms with Crippen LogP contribution in [0.15, 0.2) is 53.7 Å². The van der Waals surface area contributed by atoms with Crippen LogP contribution in [0.4, 0.5) is 5.82 Å². The lowest BCUT2D eigenvalue weighted by atomic mass is 9.98. The van der Waals surface area contributed by atoms with Gasteiger partial charge in [-0.15, -0.1) is 0 Å². The van der Waals surface area contributed by atoms with Crippen LogP contribution >= 0.6 is 0 Å². The van der Waals surface area contributed by atoms with E-state index in [4.69, 9.17) is 4.98 Å². The molecular formula is C22H26N6O. The van der Waals surface area contributed by atoms with Crippen LogP contribution in [-0.2, 0) is 6.54 Å². The number of aromatic amines is 1. The van der Waals surface area contributed by atoms with Crippen molar-refractivity contribution in [2.24, 2.45) is 0 Å². The quantitative estimate of drug-likeness (QED) is 0.722. The van der Waals surface area contributed by atoms with Crippen LogP contribution in [0.5, 0.6) is 0 Å². The minimum absolute atomic E-state index is 0.108. The highest BCUT2D eigenvalue weighted by Gasteiger charge is 2.27. The second-order valence-electron chi connectivity index (χ2n) is 7.62. The Kier molecular flexibility index (Phi) is 5.67. The first-order valence-corrected chi connectivity index (χ1v) is 9.99. The van der Waals surface area contributed by atoms with E-state index in [0.717, 1.165) is 49.4 Å². The summed E-state index contributed by atoms with van der Waals surface area (Å²) in [6.07, 6.45) is 8.52. The fourth-order valence-electron chi connectivity index (χ4n) is 3.98. The molecule has 1 aliphatic heterocycles. The minimum atomic E-state index is -0.130. The molecule has 4 rings (SSSR count). The lowest BCUT2D eigenvalue weighted by Gasteiger charge is -2.36. The lowest BCUT2D eigenvalue weighted by Crippen LogP contribution is -2.34. The number of anilines is 1. The maximum atomic E-state index is 12.4. The maximum Gasteiger partial charge on any atom is 0.251 e. The van der Waals surface area contributed by atoms with Crippen LogP contribution < -0.4 is 10.5 Å². The molecule has 29 heavy (non-hydrogen) atoms. The van der Waals surface area contributed by atoms with Crippen LogP contribution in [0.1, 0.15) is 36.6 Å². The van der Waals surface area contributed by atoms with Crippen LogP contribution in [0.25, 0.3) is 11.4 Å². The van der Waals surface area contributed by atoms with E-state index in [0.29, 0.717) is 5.82 Å². The number of nitrogens with one attached hydrogen (secondary N) is 1. The van der Waals surface area contributed by atoms with Gasteiger partial charge in [0.2, 0.25) is 0 Å². The summed E-state index contributed by atoms with van der Waals surface area (Å²) in [7, 11) is 4.02. The third-order valence-electron chi connectivity index (χ3n) is 5.32. The Balaban J connectivity index is 1.67. The highest BCUT2D eigenvalue weighted by atomic mass is 16.1. The van der Waals surface area contributed by atoms with Gasteiger partial charge in [-0.2, -0.15) is 0 Å². The highest BCUT2D eigenvalue weighted by molar-refractivity contribution is 5.52. The number of H-pyrrole nitrogens is 1. The van der Waals surface area contributed by atoms with Gasteiger partial charge in [-0.1, -0.05) is 12.5 Å². The second kappa shape index (κ2) is 8.53. The Morgan fingerprint density at radius 1 is 1.21 bits per heavy atom. The number of aromatic nitrogens is 4. The molecule has 7 nitrogen and oxygen atoms in total. The van der Waals surface area contributed by atoms with Crippen molar-refractivity contribution in [2.75, 3.05) is 25.5 Å². The van der Waals surface area contributed by atoms with Crippen molar-refractivity contribution >= 4 is 5.82 Å². The van der Waals surface area contributed by atoms with Crippen LogP contribution in [0.2, 0.25) is 0 Å². The number of hydrogen-bond donors (Lipinski definition) is 1. The molecule has 7 heteroatoms. The van der Waals surface area contributed by atoms with Gasteiger partial charge in [0, 0.05) is 56.4 Å². The molecule has 1 atom stereocenters. The number of hydrogen-bond acceptors (Lipinski definition) is 6. The largest absolute Gasteiger partial charge is 0.362 e. The summed E-state index contributed by atoms with van der Waals surface area (Å²) in [5, 5.41) is 0. The zero-order valence-corrected chi connectivity index (χ0v) is 16.9. The molecule has 1 saturated heterocycles. The van der Waals surface area contributed by atoms with E-state index >= 15 is 0 Å². The number of likely N-dealkylation sites (tertiary alicyclic amines) is 1. The van der Waals surface area contributed by atoms with Crippen molar-refractivity contribution in [3.63, 3.8) is 0 Å². The molecule has 1 fully saturated rings. The minimum Gasteiger partial charge on any atom is -0.362 e. The average Bonchev–Trinajstić information content (AvgIpc) is 2.74. The molecule has 0 radical (unpaired) electrons. The molecule has 1 N–H and O–H groups in total. The Labute approximate surface area is 170 Å². The van der Waals surface area contributed by atoms with Gasteiger partial charge in [-0.05, 0) is 37.6 Å². The average molecular weight is 390 g/mol. The molecule has 0 unspecified atom stereocenters. The normalized spacial score (nSPS) is 17.2. The van der Waals surface area contributed by atoms with E-state index in [-0.39, 0.29) is 11.6 Å². The second-order valence-corrected chi connectivity index (χ2v) is 7.62. The molecule has 150 valence electrons. The molecule has 1 aliphatic rings. The molecule has 3 aromatic heterocycles. The lowest BCUT2D eigenvalue weighted by molar-refractivity contribution is 0.137. The van der Waals surface area contributed by atoms with Crippen molar-refractivity contribution in [1.82, 2.24) is 24.8 Å². The van der Waals surface area contributed by atoms with Crippen molar-refractivity contribution in [1.29, 1.82) is 0 Å². The Hall–Kier alpha value is -3.06. The summed E-state index contributed by atoms with van der Waals surface area (Å²) in [5.41, 5.74) is 2.69. The Bertz CT molecular complexity index is 1020. The van der Waals surface area contributed by atoms with E-state index < -0.39 is 0 Å². The third-order valence-corrected chi connectivity index (χ3v) is 5.32. The zero-order chi connectivity index (χ0) is 20.2.